The third-order valence-corrected chi connectivity index (χ3v) is 2.44. The van der Waals surface area contributed by atoms with Gasteiger partial charge in [0, 0.05) is 6.54 Å². The van der Waals surface area contributed by atoms with E-state index in [2.05, 4.69) is 40.0 Å². The molecule has 1 aromatic rings. The van der Waals surface area contributed by atoms with E-state index in [1.54, 1.807) is 7.11 Å². The summed E-state index contributed by atoms with van der Waals surface area (Å²) in [6.07, 6.45) is 0. The van der Waals surface area contributed by atoms with Gasteiger partial charge in [0.05, 0.1) is 10.7 Å². The Morgan fingerprint density at radius 1 is 1.50 bits per heavy atom. The summed E-state index contributed by atoms with van der Waals surface area (Å²) in [6, 6.07) is 6.18. The van der Waals surface area contributed by atoms with Gasteiger partial charge in [-0.1, -0.05) is 6.07 Å². The molecule has 0 aromatic heterocycles. The quantitative estimate of drug-likeness (QED) is 0.853. The summed E-state index contributed by atoms with van der Waals surface area (Å²) in [5.74, 6) is 0.940. The lowest BCUT2D eigenvalue weighted by molar-refractivity contribution is 0.411. The van der Waals surface area contributed by atoms with Crippen LogP contribution in [-0.2, 0) is 6.54 Å². The van der Waals surface area contributed by atoms with Crippen LogP contribution in [0.3, 0.4) is 0 Å². The molecule has 1 N–H and O–H groups in total. The second-order valence-electron chi connectivity index (χ2n) is 2.50. The van der Waals surface area contributed by atoms with Crippen molar-refractivity contribution in [1.29, 1.82) is 0 Å². The normalized spacial score (nSPS) is 9.92. The molecule has 66 valence electrons. The zero-order valence-corrected chi connectivity index (χ0v) is 9.38. The molecule has 0 aliphatic rings. The van der Waals surface area contributed by atoms with E-state index in [0.29, 0.717) is 0 Å². The van der Waals surface area contributed by atoms with Crippen LogP contribution in [-0.4, -0.2) is 14.2 Å². The van der Waals surface area contributed by atoms with Gasteiger partial charge in [0.1, 0.15) is 5.75 Å². The lowest BCUT2D eigenvalue weighted by Gasteiger charge is -2.05. The van der Waals surface area contributed by atoms with E-state index < -0.39 is 0 Å². The second kappa shape index (κ2) is 4.67. The van der Waals surface area contributed by atoms with Crippen molar-refractivity contribution in [2.24, 2.45) is 0 Å². The van der Waals surface area contributed by atoms with Gasteiger partial charge in [-0.05, 0) is 47.3 Å². The maximum absolute atomic E-state index is 5.15. The van der Waals surface area contributed by atoms with Crippen molar-refractivity contribution in [3.05, 3.63) is 27.3 Å². The molecule has 3 heteroatoms. The van der Waals surface area contributed by atoms with Gasteiger partial charge < -0.3 is 10.1 Å². The summed E-state index contributed by atoms with van der Waals surface area (Å²) < 4.78 is 6.31. The van der Waals surface area contributed by atoms with Gasteiger partial charge in [-0.25, -0.2) is 0 Å². The smallest absolute Gasteiger partial charge is 0.132 e. The summed E-state index contributed by atoms with van der Waals surface area (Å²) in [6.45, 7) is 0.903. The molecule has 0 bridgehead atoms. The fourth-order valence-electron chi connectivity index (χ4n) is 1.02. The third-order valence-electron chi connectivity index (χ3n) is 1.60. The zero-order chi connectivity index (χ0) is 8.97. The van der Waals surface area contributed by atoms with E-state index in [4.69, 9.17) is 4.74 Å². The van der Waals surface area contributed by atoms with Gasteiger partial charge in [0.25, 0.3) is 0 Å². The van der Waals surface area contributed by atoms with E-state index in [1.807, 2.05) is 13.1 Å². The van der Waals surface area contributed by atoms with Crippen LogP contribution >= 0.6 is 22.6 Å². The molecular formula is C9H12INO. The van der Waals surface area contributed by atoms with E-state index in [0.717, 1.165) is 15.9 Å². The number of benzene rings is 1. The Balaban J connectivity index is 2.86. The first-order valence-corrected chi connectivity index (χ1v) is 4.83. The molecular weight excluding hydrogens is 265 g/mol. The second-order valence-corrected chi connectivity index (χ2v) is 3.66. The van der Waals surface area contributed by atoms with Crippen LogP contribution in [0.15, 0.2) is 18.2 Å². The first kappa shape index (κ1) is 9.80. The highest BCUT2D eigenvalue weighted by Crippen LogP contribution is 2.21. The zero-order valence-electron chi connectivity index (χ0n) is 7.23. The van der Waals surface area contributed by atoms with Crippen molar-refractivity contribution < 1.29 is 4.74 Å². The average Bonchev–Trinajstić information content (AvgIpc) is 2.05. The highest BCUT2D eigenvalue weighted by molar-refractivity contribution is 14.1. The summed E-state index contributed by atoms with van der Waals surface area (Å²) in [4.78, 5) is 0. The topological polar surface area (TPSA) is 21.3 Å². The van der Waals surface area contributed by atoms with Crippen LogP contribution < -0.4 is 10.1 Å². The third kappa shape index (κ3) is 2.35. The maximum atomic E-state index is 5.15. The summed E-state index contributed by atoms with van der Waals surface area (Å²) >= 11 is 2.27. The van der Waals surface area contributed by atoms with Crippen molar-refractivity contribution in [3.63, 3.8) is 0 Å². The van der Waals surface area contributed by atoms with E-state index in [-0.39, 0.29) is 0 Å². The van der Waals surface area contributed by atoms with Crippen molar-refractivity contribution in [1.82, 2.24) is 5.32 Å². The van der Waals surface area contributed by atoms with Crippen LogP contribution in [0.25, 0.3) is 0 Å². The lowest BCUT2D eigenvalue weighted by Crippen LogP contribution is -2.05. The van der Waals surface area contributed by atoms with Crippen molar-refractivity contribution >= 4 is 22.6 Å². The molecule has 1 rings (SSSR count). The predicted molar refractivity (Wildman–Crippen MR) is 58.5 cm³/mol. The Kier molecular flexibility index (Phi) is 3.81. The van der Waals surface area contributed by atoms with Crippen molar-refractivity contribution in [2.75, 3.05) is 14.2 Å². The van der Waals surface area contributed by atoms with Crippen molar-refractivity contribution in [2.45, 2.75) is 6.54 Å². The van der Waals surface area contributed by atoms with Gasteiger partial charge >= 0.3 is 0 Å². The molecule has 0 atom stereocenters. The van der Waals surface area contributed by atoms with Gasteiger partial charge in [-0.2, -0.15) is 0 Å². The van der Waals surface area contributed by atoms with E-state index in [9.17, 15) is 0 Å². The molecule has 0 amide bonds. The molecule has 0 unspecified atom stereocenters. The van der Waals surface area contributed by atoms with E-state index in [1.165, 1.54) is 5.56 Å². The molecule has 0 aliphatic heterocycles. The first-order chi connectivity index (χ1) is 5.77. The number of methoxy groups -OCH3 is 1. The summed E-state index contributed by atoms with van der Waals surface area (Å²) in [5.41, 5.74) is 1.28. The van der Waals surface area contributed by atoms with Crippen LogP contribution in [0.4, 0.5) is 0 Å². The predicted octanol–water partition coefficient (Wildman–Crippen LogP) is 2.02. The minimum atomic E-state index is 0.903. The Labute approximate surface area is 86.5 Å². The number of halogens is 1. The minimum absolute atomic E-state index is 0.903. The van der Waals surface area contributed by atoms with Gasteiger partial charge in [0.15, 0.2) is 0 Å². The van der Waals surface area contributed by atoms with Crippen LogP contribution in [0.2, 0.25) is 0 Å². The highest BCUT2D eigenvalue weighted by atomic mass is 127. The van der Waals surface area contributed by atoms with Crippen molar-refractivity contribution in [3.8, 4) is 5.75 Å². The SMILES string of the molecule is CNCc1ccc(OC)c(I)c1. The molecule has 1 aromatic carbocycles. The standard InChI is InChI=1S/C9H12INO/c1-11-6-7-3-4-9(12-2)8(10)5-7/h3-5,11H,6H2,1-2H3. The Morgan fingerprint density at radius 2 is 2.25 bits per heavy atom. The monoisotopic (exact) mass is 277 g/mol. The minimum Gasteiger partial charge on any atom is -0.496 e. The molecule has 0 aliphatic carbocycles. The fourth-order valence-corrected chi connectivity index (χ4v) is 1.82. The lowest BCUT2D eigenvalue weighted by atomic mass is 10.2. The van der Waals surface area contributed by atoms with Crippen LogP contribution in [0.1, 0.15) is 5.56 Å². The first-order valence-electron chi connectivity index (χ1n) is 3.75. The van der Waals surface area contributed by atoms with E-state index >= 15 is 0 Å². The Morgan fingerprint density at radius 3 is 2.75 bits per heavy atom. The van der Waals surface area contributed by atoms with Gasteiger partial charge in [-0.3, -0.25) is 0 Å². The number of rotatable bonds is 3. The van der Waals surface area contributed by atoms with Gasteiger partial charge in [-0.15, -0.1) is 0 Å². The molecule has 0 heterocycles. The number of ether oxygens (including phenoxy) is 1. The molecule has 2 nitrogen and oxygen atoms in total. The largest absolute Gasteiger partial charge is 0.496 e. The van der Waals surface area contributed by atoms with Gasteiger partial charge in [0.2, 0.25) is 0 Å². The summed E-state index contributed by atoms with van der Waals surface area (Å²) in [5, 5.41) is 3.10. The molecule has 0 spiro atoms. The Hall–Kier alpha value is -0.290. The maximum Gasteiger partial charge on any atom is 0.132 e. The molecule has 0 fully saturated rings. The Bertz CT molecular complexity index is 263. The summed E-state index contributed by atoms with van der Waals surface area (Å²) in [7, 11) is 3.63. The van der Waals surface area contributed by atoms with Crippen LogP contribution in [0, 0.1) is 3.57 Å². The molecule has 12 heavy (non-hydrogen) atoms. The molecule has 0 saturated heterocycles. The number of hydrogen-bond donors (Lipinski definition) is 1. The fraction of sp³-hybridized carbons (Fsp3) is 0.333. The number of nitrogens with one attached hydrogen (secondary N) is 1. The molecule has 0 radical (unpaired) electrons. The average molecular weight is 277 g/mol. The van der Waals surface area contributed by atoms with Crippen LogP contribution in [0.5, 0.6) is 5.75 Å². The highest BCUT2D eigenvalue weighted by Gasteiger charge is 1.99. The number of hydrogen-bond acceptors (Lipinski definition) is 2. The molecule has 0 saturated carbocycles.